The lowest BCUT2D eigenvalue weighted by Gasteiger charge is -2.15. The number of nitrogens with zero attached hydrogens (tertiary/aromatic N) is 3. The number of pyridine rings is 1. The third-order valence-electron chi connectivity index (χ3n) is 5.70. The highest BCUT2D eigenvalue weighted by Crippen LogP contribution is 2.16. The summed E-state index contributed by atoms with van der Waals surface area (Å²) >= 11 is 0. The van der Waals surface area contributed by atoms with Crippen LogP contribution in [0.2, 0.25) is 0 Å². The van der Waals surface area contributed by atoms with Gasteiger partial charge in [-0.2, -0.15) is 0 Å². The zero-order valence-corrected chi connectivity index (χ0v) is 17.6. The van der Waals surface area contributed by atoms with Crippen molar-refractivity contribution in [3.63, 3.8) is 0 Å². The quantitative estimate of drug-likeness (QED) is 0.462. The molecule has 0 saturated heterocycles. The molecule has 1 amide bonds. The molecule has 1 atom stereocenters. The first-order valence-corrected chi connectivity index (χ1v) is 10.5. The fraction of sp³-hybridized carbons (Fsp3) is 0.115. The van der Waals surface area contributed by atoms with Crippen LogP contribution < -0.4 is 10.9 Å². The Balaban J connectivity index is 1.40. The minimum Gasteiger partial charge on any atom is -0.346 e. The first-order valence-electron chi connectivity index (χ1n) is 10.5. The fourth-order valence-corrected chi connectivity index (χ4v) is 3.98. The molecule has 6 nitrogen and oxygen atoms in total. The Morgan fingerprint density at radius 2 is 1.69 bits per heavy atom. The van der Waals surface area contributed by atoms with Crippen molar-refractivity contribution in [2.75, 3.05) is 0 Å². The number of amides is 1. The molecule has 158 valence electrons. The number of hydrogen-bond donors (Lipinski definition) is 1. The number of carbonyl (C=O) groups is 1. The largest absolute Gasteiger partial charge is 0.346 e. The summed E-state index contributed by atoms with van der Waals surface area (Å²) < 4.78 is 3.54. The van der Waals surface area contributed by atoms with Gasteiger partial charge < -0.3 is 9.72 Å². The van der Waals surface area contributed by atoms with Gasteiger partial charge in [0.25, 0.3) is 11.5 Å². The Kier molecular flexibility index (Phi) is 5.03. The van der Waals surface area contributed by atoms with Crippen molar-refractivity contribution in [2.24, 2.45) is 0 Å². The molecule has 5 rings (SSSR count). The molecule has 32 heavy (non-hydrogen) atoms. The number of carbonyl (C=O) groups excluding carboxylic acids is 1. The summed E-state index contributed by atoms with van der Waals surface area (Å²) in [6, 6.07) is 24.6. The molecule has 6 heteroatoms. The number of nitrogens with one attached hydrogen (secondary N) is 1. The molecule has 0 radical (unpaired) electrons. The Bertz CT molecular complexity index is 1470. The van der Waals surface area contributed by atoms with E-state index < -0.39 is 0 Å². The van der Waals surface area contributed by atoms with E-state index in [2.05, 4.69) is 10.3 Å². The van der Waals surface area contributed by atoms with Crippen molar-refractivity contribution in [2.45, 2.75) is 19.5 Å². The summed E-state index contributed by atoms with van der Waals surface area (Å²) in [4.78, 5) is 30.2. The van der Waals surface area contributed by atoms with E-state index in [0.717, 1.165) is 16.6 Å². The molecular weight excluding hydrogens is 400 g/mol. The van der Waals surface area contributed by atoms with Crippen LogP contribution in [0.25, 0.3) is 16.7 Å². The van der Waals surface area contributed by atoms with E-state index in [1.54, 1.807) is 22.9 Å². The normalized spacial score (nSPS) is 12.2. The van der Waals surface area contributed by atoms with E-state index >= 15 is 0 Å². The second-order valence-corrected chi connectivity index (χ2v) is 7.80. The maximum atomic E-state index is 13.1. The average molecular weight is 422 g/mol. The first-order chi connectivity index (χ1) is 15.6. The molecule has 3 heterocycles. The lowest BCUT2D eigenvalue weighted by atomic mass is 10.1. The summed E-state index contributed by atoms with van der Waals surface area (Å²) in [7, 11) is 0. The average Bonchev–Trinajstić information content (AvgIpc) is 3.33. The van der Waals surface area contributed by atoms with Crippen molar-refractivity contribution >= 4 is 22.6 Å². The van der Waals surface area contributed by atoms with Crippen LogP contribution >= 0.6 is 0 Å². The molecule has 0 fully saturated rings. The van der Waals surface area contributed by atoms with Crippen LogP contribution in [0.1, 0.15) is 34.5 Å². The predicted octanol–water partition coefficient (Wildman–Crippen LogP) is 4.19. The van der Waals surface area contributed by atoms with Crippen LogP contribution in [0.15, 0.2) is 96.1 Å². The highest BCUT2D eigenvalue weighted by Gasteiger charge is 2.13. The number of hydrogen-bond acceptors (Lipinski definition) is 3. The summed E-state index contributed by atoms with van der Waals surface area (Å²) in [5.74, 6) is -0.133. The minimum absolute atomic E-state index is 0.0897. The van der Waals surface area contributed by atoms with Gasteiger partial charge in [-0.05, 0) is 54.4 Å². The zero-order valence-electron chi connectivity index (χ0n) is 17.6. The van der Waals surface area contributed by atoms with E-state index in [-0.39, 0.29) is 17.5 Å². The van der Waals surface area contributed by atoms with Crippen molar-refractivity contribution in [1.29, 1.82) is 0 Å². The summed E-state index contributed by atoms with van der Waals surface area (Å²) in [6.07, 6.45) is 3.56. The molecule has 0 aliphatic heterocycles. The Hall–Kier alpha value is -4.19. The Labute approximate surface area is 184 Å². The second-order valence-electron chi connectivity index (χ2n) is 7.80. The Morgan fingerprint density at radius 3 is 2.47 bits per heavy atom. The van der Waals surface area contributed by atoms with Gasteiger partial charge in [0.15, 0.2) is 5.65 Å². The molecule has 0 bridgehead atoms. The van der Waals surface area contributed by atoms with E-state index in [4.69, 9.17) is 0 Å². The highest BCUT2D eigenvalue weighted by atomic mass is 16.1. The van der Waals surface area contributed by atoms with Gasteiger partial charge in [-0.1, -0.05) is 42.5 Å². The van der Waals surface area contributed by atoms with Gasteiger partial charge in [-0.25, -0.2) is 4.98 Å². The first kappa shape index (κ1) is 19.8. The molecule has 3 aromatic heterocycles. The van der Waals surface area contributed by atoms with E-state index in [0.29, 0.717) is 23.3 Å². The Morgan fingerprint density at radius 1 is 0.938 bits per heavy atom. The maximum absolute atomic E-state index is 13.1. The molecule has 0 saturated carbocycles. The fourth-order valence-electron chi connectivity index (χ4n) is 3.98. The molecule has 2 aromatic carbocycles. The molecule has 0 spiro atoms. The molecule has 1 N–H and O–H groups in total. The molecule has 5 aromatic rings. The topological polar surface area (TPSA) is 68.4 Å². The lowest BCUT2D eigenvalue weighted by Crippen LogP contribution is -2.26. The number of benzene rings is 2. The van der Waals surface area contributed by atoms with Gasteiger partial charge in [-0.3, -0.25) is 14.2 Å². The van der Waals surface area contributed by atoms with Crippen LogP contribution in [-0.4, -0.2) is 19.9 Å². The van der Waals surface area contributed by atoms with Crippen LogP contribution in [0, 0.1) is 0 Å². The van der Waals surface area contributed by atoms with Crippen LogP contribution in [0.4, 0.5) is 0 Å². The summed E-state index contributed by atoms with van der Waals surface area (Å²) in [5.41, 5.74) is 4.56. The van der Waals surface area contributed by atoms with Crippen LogP contribution in [0.5, 0.6) is 0 Å². The number of aromatic nitrogens is 3. The monoisotopic (exact) mass is 422 g/mol. The molecule has 0 unspecified atom stereocenters. The summed E-state index contributed by atoms with van der Waals surface area (Å²) in [5, 5.41) is 3.03. The number of rotatable bonds is 5. The van der Waals surface area contributed by atoms with E-state index in [9.17, 15) is 9.59 Å². The third-order valence-corrected chi connectivity index (χ3v) is 5.70. The predicted molar refractivity (Wildman–Crippen MR) is 125 cm³/mol. The lowest BCUT2D eigenvalue weighted by molar-refractivity contribution is 0.0940. The minimum atomic E-state index is -0.133. The standard InChI is InChI=1S/C26H22N4O2/c1-18(20-7-3-2-4-8-20)28-25(31)21-13-11-19(12-14-21)17-30-24-22(9-5-15-27-24)29-16-6-10-23(29)26(30)32/h2-16,18H,17H2,1H3,(H,28,31)/t18-/m0/s1. The van der Waals surface area contributed by atoms with E-state index in [1.807, 2.05) is 84.3 Å². The van der Waals surface area contributed by atoms with Crippen molar-refractivity contribution < 1.29 is 4.79 Å². The zero-order chi connectivity index (χ0) is 22.1. The van der Waals surface area contributed by atoms with Gasteiger partial charge in [0.05, 0.1) is 18.1 Å². The van der Waals surface area contributed by atoms with Gasteiger partial charge in [-0.15, -0.1) is 0 Å². The van der Waals surface area contributed by atoms with Crippen LogP contribution in [-0.2, 0) is 6.54 Å². The van der Waals surface area contributed by atoms with Crippen molar-refractivity contribution in [3.8, 4) is 0 Å². The van der Waals surface area contributed by atoms with Crippen molar-refractivity contribution in [3.05, 3.63) is 118 Å². The van der Waals surface area contributed by atoms with Gasteiger partial charge >= 0.3 is 0 Å². The summed E-state index contributed by atoms with van der Waals surface area (Å²) in [6.45, 7) is 2.33. The van der Waals surface area contributed by atoms with Gasteiger partial charge in [0, 0.05) is 18.0 Å². The van der Waals surface area contributed by atoms with Crippen molar-refractivity contribution in [1.82, 2.24) is 19.3 Å². The molecule has 0 aliphatic carbocycles. The SMILES string of the molecule is C[C@H](NC(=O)c1ccc(Cn2c(=O)c3cccn3c3cccnc32)cc1)c1ccccc1. The third kappa shape index (κ3) is 3.56. The van der Waals surface area contributed by atoms with Gasteiger partial charge in [0.1, 0.15) is 5.52 Å². The molecule has 0 aliphatic rings. The highest BCUT2D eigenvalue weighted by molar-refractivity contribution is 5.94. The maximum Gasteiger partial charge on any atom is 0.276 e. The molecular formula is C26H22N4O2. The second kappa shape index (κ2) is 8.15. The smallest absolute Gasteiger partial charge is 0.276 e. The van der Waals surface area contributed by atoms with Gasteiger partial charge in [0.2, 0.25) is 0 Å². The number of fused-ring (bicyclic) bond motifs is 3. The van der Waals surface area contributed by atoms with Crippen LogP contribution in [0.3, 0.4) is 0 Å². The van der Waals surface area contributed by atoms with E-state index in [1.165, 1.54) is 0 Å².